The predicted molar refractivity (Wildman–Crippen MR) is 76.0 cm³/mol. The zero-order chi connectivity index (χ0) is 14.0. The van der Waals surface area contributed by atoms with E-state index in [0.717, 1.165) is 15.8 Å². The van der Waals surface area contributed by atoms with Crippen LogP contribution in [0.15, 0.2) is 29.0 Å². The Hall–Kier alpha value is -1.56. The summed E-state index contributed by atoms with van der Waals surface area (Å²) < 4.78 is 8.04. The van der Waals surface area contributed by atoms with Crippen molar-refractivity contribution in [2.45, 2.75) is 32.9 Å². The number of aromatic nitrogens is 2. The van der Waals surface area contributed by atoms with Gasteiger partial charge in [0.05, 0.1) is 12.2 Å². The van der Waals surface area contributed by atoms with Gasteiger partial charge in [-0.25, -0.2) is 9.78 Å². The number of carbonyl (C=O) groups excluding carboxylic acids is 1. The minimum Gasteiger partial charge on any atom is -0.444 e. The summed E-state index contributed by atoms with van der Waals surface area (Å²) in [5, 5.41) is 2.68. The van der Waals surface area contributed by atoms with Gasteiger partial charge in [0.15, 0.2) is 0 Å². The largest absolute Gasteiger partial charge is 0.444 e. The zero-order valence-corrected chi connectivity index (χ0v) is 12.7. The molecule has 19 heavy (non-hydrogen) atoms. The van der Waals surface area contributed by atoms with Crippen LogP contribution in [0.2, 0.25) is 0 Å². The molecular formula is C13H16BrN3O2. The standard InChI is InChI=1S/C13H16BrN3O2/c1-13(2,3)19-12(18)15-6-10-8-17-7-9(14)4-5-11(17)16-10/h4-5,7-8H,6H2,1-3H3,(H,15,18). The number of nitrogens with zero attached hydrogens (tertiary/aromatic N) is 2. The molecule has 0 radical (unpaired) electrons. The molecule has 0 unspecified atom stereocenters. The number of alkyl carbamates (subject to hydrolysis) is 1. The van der Waals surface area contributed by atoms with E-state index in [1.54, 1.807) is 0 Å². The lowest BCUT2D eigenvalue weighted by Crippen LogP contribution is -2.32. The number of halogens is 1. The summed E-state index contributed by atoms with van der Waals surface area (Å²) in [4.78, 5) is 15.9. The highest BCUT2D eigenvalue weighted by Crippen LogP contribution is 2.12. The summed E-state index contributed by atoms with van der Waals surface area (Å²) in [5.41, 5.74) is 1.13. The van der Waals surface area contributed by atoms with Crippen molar-refractivity contribution in [2.24, 2.45) is 0 Å². The summed E-state index contributed by atoms with van der Waals surface area (Å²) in [7, 11) is 0. The summed E-state index contributed by atoms with van der Waals surface area (Å²) in [6.45, 7) is 5.83. The van der Waals surface area contributed by atoms with Crippen molar-refractivity contribution in [1.29, 1.82) is 0 Å². The molecular weight excluding hydrogens is 310 g/mol. The van der Waals surface area contributed by atoms with Crippen molar-refractivity contribution < 1.29 is 9.53 Å². The highest BCUT2D eigenvalue weighted by molar-refractivity contribution is 9.10. The fraction of sp³-hybridized carbons (Fsp3) is 0.385. The first-order valence-electron chi connectivity index (χ1n) is 5.93. The molecule has 0 aliphatic heterocycles. The van der Waals surface area contributed by atoms with Crippen LogP contribution in [0.25, 0.3) is 5.65 Å². The van der Waals surface area contributed by atoms with Crippen molar-refractivity contribution in [3.63, 3.8) is 0 Å². The third-order valence-electron chi connectivity index (χ3n) is 2.28. The van der Waals surface area contributed by atoms with E-state index in [4.69, 9.17) is 4.74 Å². The zero-order valence-electron chi connectivity index (χ0n) is 11.1. The van der Waals surface area contributed by atoms with Gasteiger partial charge in [-0.2, -0.15) is 0 Å². The molecule has 0 aliphatic carbocycles. The fourth-order valence-corrected chi connectivity index (χ4v) is 1.93. The Labute approximate surface area is 120 Å². The molecule has 102 valence electrons. The molecule has 2 heterocycles. The number of rotatable bonds is 2. The Bertz CT molecular complexity index is 601. The summed E-state index contributed by atoms with van der Waals surface area (Å²) >= 11 is 3.40. The quantitative estimate of drug-likeness (QED) is 0.922. The molecule has 1 N–H and O–H groups in total. The molecule has 1 amide bonds. The lowest BCUT2D eigenvalue weighted by Gasteiger charge is -2.19. The van der Waals surface area contributed by atoms with E-state index in [1.165, 1.54) is 0 Å². The van der Waals surface area contributed by atoms with Crippen LogP contribution in [-0.4, -0.2) is 21.1 Å². The van der Waals surface area contributed by atoms with Crippen LogP contribution in [0.5, 0.6) is 0 Å². The van der Waals surface area contributed by atoms with Gasteiger partial charge in [-0.1, -0.05) is 0 Å². The Balaban J connectivity index is 2.00. The predicted octanol–water partition coefficient (Wildman–Crippen LogP) is 3.12. The van der Waals surface area contributed by atoms with E-state index >= 15 is 0 Å². The summed E-state index contributed by atoms with van der Waals surface area (Å²) in [6.07, 6.45) is 3.35. The van der Waals surface area contributed by atoms with Crippen LogP contribution in [0.1, 0.15) is 26.5 Å². The van der Waals surface area contributed by atoms with Gasteiger partial charge < -0.3 is 14.5 Å². The summed E-state index contributed by atoms with van der Waals surface area (Å²) in [5.74, 6) is 0. The lowest BCUT2D eigenvalue weighted by molar-refractivity contribution is 0.0523. The minimum atomic E-state index is -0.492. The number of carbonyl (C=O) groups is 1. The first-order valence-corrected chi connectivity index (χ1v) is 6.73. The second-order valence-corrected chi connectivity index (χ2v) is 6.12. The van der Waals surface area contributed by atoms with Crippen LogP contribution < -0.4 is 5.32 Å². The topological polar surface area (TPSA) is 55.6 Å². The van der Waals surface area contributed by atoms with Crippen LogP contribution in [0.4, 0.5) is 4.79 Å². The monoisotopic (exact) mass is 325 g/mol. The van der Waals surface area contributed by atoms with E-state index in [0.29, 0.717) is 6.54 Å². The molecule has 6 heteroatoms. The fourth-order valence-electron chi connectivity index (χ4n) is 1.58. The number of pyridine rings is 1. The first kappa shape index (κ1) is 13.9. The van der Waals surface area contributed by atoms with Crippen molar-refractivity contribution >= 4 is 27.7 Å². The van der Waals surface area contributed by atoms with Gasteiger partial charge in [0, 0.05) is 16.9 Å². The molecule has 5 nitrogen and oxygen atoms in total. The van der Waals surface area contributed by atoms with E-state index < -0.39 is 11.7 Å². The molecule has 0 spiro atoms. The van der Waals surface area contributed by atoms with Gasteiger partial charge in [-0.15, -0.1) is 0 Å². The minimum absolute atomic E-state index is 0.341. The highest BCUT2D eigenvalue weighted by atomic mass is 79.9. The molecule has 2 rings (SSSR count). The maximum atomic E-state index is 11.5. The number of hydrogen-bond donors (Lipinski definition) is 1. The third kappa shape index (κ3) is 3.96. The van der Waals surface area contributed by atoms with E-state index in [1.807, 2.05) is 49.7 Å². The number of ether oxygens (including phenoxy) is 1. The van der Waals surface area contributed by atoms with Crippen LogP contribution >= 0.6 is 15.9 Å². The van der Waals surface area contributed by atoms with E-state index in [-0.39, 0.29) is 0 Å². The normalized spacial score (nSPS) is 11.6. The van der Waals surface area contributed by atoms with Crippen molar-refractivity contribution in [2.75, 3.05) is 0 Å². The number of imidazole rings is 1. The van der Waals surface area contributed by atoms with Gasteiger partial charge in [0.25, 0.3) is 0 Å². The highest BCUT2D eigenvalue weighted by Gasteiger charge is 2.16. The number of hydrogen-bond acceptors (Lipinski definition) is 3. The van der Waals surface area contributed by atoms with Gasteiger partial charge in [-0.05, 0) is 48.8 Å². The van der Waals surface area contributed by atoms with E-state index in [9.17, 15) is 4.79 Å². The van der Waals surface area contributed by atoms with Gasteiger partial charge >= 0.3 is 6.09 Å². The van der Waals surface area contributed by atoms with Crippen molar-refractivity contribution in [3.8, 4) is 0 Å². The average Bonchev–Trinajstić information content (AvgIpc) is 2.66. The number of nitrogens with one attached hydrogen (secondary N) is 1. The van der Waals surface area contributed by atoms with Crippen LogP contribution in [0, 0.1) is 0 Å². The number of amides is 1. The van der Waals surface area contributed by atoms with Gasteiger partial charge in [0.1, 0.15) is 11.2 Å². The second kappa shape index (κ2) is 5.21. The van der Waals surface area contributed by atoms with Crippen molar-refractivity contribution in [1.82, 2.24) is 14.7 Å². The Kier molecular flexibility index (Phi) is 3.80. The average molecular weight is 326 g/mol. The molecule has 0 fully saturated rings. The molecule has 0 bridgehead atoms. The molecule has 2 aromatic rings. The molecule has 0 saturated carbocycles. The second-order valence-electron chi connectivity index (χ2n) is 5.20. The van der Waals surface area contributed by atoms with Gasteiger partial charge in [-0.3, -0.25) is 0 Å². The van der Waals surface area contributed by atoms with Crippen LogP contribution in [-0.2, 0) is 11.3 Å². The SMILES string of the molecule is CC(C)(C)OC(=O)NCc1cn2cc(Br)ccc2n1. The maximum absolute atomic E-state index is 11.5. The van der Waals surface area contributed by atoms with Crippen LogP contribution in [0.3, 0.4) is 0 Å². The number of fused-ring (bicyclic) bond motifs is 1. The Morgan fingerprint density at radius 1 is 1.42 bits per heavy atom. The van der Waals surface area contributed by atoms with Crippen molar-refractivity contribution in [3.05, 3.63) is 34.7 Å². The smallest absolute Gasteiger partial charge is 0.407 e. The molecule has 2 aromatic heterocycles. The molecule has 0 aliphatic rings. The molecule has 0 saturated heterocycles. The maximum Gasteiger partial charge on any atom is 0.407 e. The third-order valence-corrected chi connectivity index (χ3v) is 2.75. The first-order chi connectivity index (χ1) is 8.83. The molecule has 0 atom stereocenters. The molecule has 0 aromatic carbocycles. The lowest BCUT2D eigenvalue weighted by atomic mass is 10.2. The summed E-state index contributed by atoms with van der Waals surface area (Å²) in [6, 6.07) is 3.83. The Morgan fingerprint density at radius 3 is 2.84 bits per heavy atom. The van der Waals surface area contributed by atoms with Gasteiger partial charge in [0.2, 0.25) is 0 Å². The Morgan fingerprint density at radius 2 is 2.16 bits per heavy atom. The van der Waals surface area contributed by atoms with E-state index in [2.05, 4.69) is 26.2 Å².